The normalized spacial score (nSPS) is 18.4. The van der Waals surface area contributed by atoms with Crippen molar-refractivity contribution in [1.82, 2.24) is 45.5 Å². The highest BCUT2D eigenvalue weighted by molar-refractivity contribution is 6.01. The van der Waals surface area contributed by atoms with Gasteiger partial charge in [0.1, 0.15) is 6.61 Å². The number of hydrogen-bond donors (Lipinski definition) is 2. The molecule has 0 atom stereocenters. The van der Waals surface area contributed by atoms with Crippen molar-refractivity contribution < 1.29 is 4.74 Å². The topological polar surface area (TPSA) is 99.0 Å². The molecule has 41 heavy (non-hydrogen) atoms. The molecule has 5 heterocycles. The van der Waals surface area contributed by atoms with Crippen molar-refractivity contribution in [3.8, 4) is 17.1 Å². The smallest absolute Gasteiger partial charge is 0.169 e. The van der Waals surface area contributed by atoms with Gasteiger partial charge < -0.3 is 15.1 Å². The maximum atomic E-state index is 5.93. The van der Waals surface area contributed by atoms with Crippen LogP contribution in [0.1, 0.15) is 30.4 Å². The summed E-state index contributed by atoms with van der Waals surface area (Å²) in [7, 11) is 4.09. The lowest BCUT2D eigenvalue weighted by Crippen LogP contribution is -2.45. The number of allylic oxidation sites excluding steroid dienone is 2. The molecule has 6 rings (SSSR count). The molecule has 0 saturated carbocycles. The Labute approximate surface area is 241 Å². The first kappa shape index (κ1) is 27.1. The van der Waals surface area contributed by atoms with Gasteiger partial charge in [0, 0.05) is 57.1 Å². The number of aliphatic imine (C=N–C) groups is 1. The van der Waals surface area contributed by atoms with Crippen molar-refractivity contribution in [1.29, 1.82) is 0 Å². The molecule has 0 unspecified atom stereocenters. The molecular formula is C30H38N10O. The number of piperazine rings is 1. The number of likely N-dealkylation sites (N-methyl/N-ethyl adjacent to an activating group) is 1. The highest BCUT2D eigenvalue weighted by atomic mass is 16.5. The molecular weight excluding hydrogens is 516 g/mol. The van der Waals surface area contributed by atoms with Crippen molar-refractivity contribution in [3.05, 3.63) is 78.0 Å². The van der Waals surface area contributed by atoms with Crippen LogP contribution in [0.4, 0.5) is 0 Å². The van der Waals surface area contributed by atoms with E-state index in [0.717, 1.165) is 85.9 Å². The highest BCUT2D eigenvalue weighted by Crippen LogP contribution is 2.24. The predicted molar refractivity (Wildman–Crippen MR) is 159 cm³/mol. The average Bonchev–Trinajstić information content (AvgIpc) is 3.61. The van der Waals surface area contributed by atoms with E-state index in [1.807, 2.05) is 41.3 Å². The minimum absolute atomic E-state index is 0.616. The molecule has 0 radical (unpaired) electrons. The zero-order chi connectivity index (χ0) is 28.0. The number of aromatic nitrogens is 4. The number of ether oxygens (including phenoxy) is 1. The monoisotopic (exact) mass is 554 g/mol. The highest BCUT2D eigenvalue weighted by Gasteiger charge is 2.25. The van der Waals surface area contributed by atoms with Gasteiger partial charge in [-0.1, -0.05) is 30.4 Å². The van der Waals surface area contributed by atoms with Crippen LogP contribution < -0.4 is 15.7 Å². The third-order valence-corrected chi connectivity index (χ3v) is 7.57. The van der Waals surface area contributed by atoms with Gasteiger partial charge in [0.2, 0.25) is 0 Å². The maximum Gasteiger partial charge on any atom is 0.169 e. The first-order valence-electron chi connectivity index (χ1n) is 14.3. The maximum absolute atomic E-state index is 5.93. The molecule has 11 heteroatoms. The number of rotatable bonds is 8. The van der Waals surface area contributed by atoms with E-state index in [1.54, 1.807) is 12.4 Å². The Bertz CT molecular complexity index is 1420. The standard InChI is InChI=1S/C30H38N10O/c1-37-11-13-39(14-12-37)15-16-41-26-19-31-29(32-20-26)24-8-6-7-23(17-24)21-40-30-28(35-36-40)10-5-3-4-9-27(34-30)25-18-33-38(2)22-25/h6-10,17-20,22,35-36H,3-5,11-16,21H2,1-2H3. The Hall–Kier alpha value is -4.06. The third-order valence-electron chi connectivity index (χ3n) is 7.57. The van der Waals surface area contributed by atoms with Gasteiger partial charge in [-0.15, -0.1) is 5.53 Å². The summed E-state index contributed by atoms with van der Waals surface area (Å²) in [6.07, 6.45) is 14.8. The van der Waals surface area contributed by atoms with Gasteiger partial charge in [-0.05, 0) is 37.9 Å². The van der Waals surface area contributed by atoms with E-state index >= 15 is 0 Å². The Morgan fingerprint density at radius 2 is 1.78 bits per heavy atom. The zero-order valence-electron chi connectivity index (χ0n) is 23.8. The Kier molecular flexibility index (Phi) is 8.36. The van der Waals surface area contributed by atoms with Crippen LogP contribution >= 0.6 is 0 Å². The fourth-order valence-corrected chi connectivity index (χ4v) is 5.15. The first-order valence-corrected chi connectivity index (χ1v) is 14.3. The van der Waals surface area contributed by atoms with Crippen molar-refractivity contribution in [2.75, 3.05) is 46.4 Å². The van der Waals surface area contributed by atoms with Crippen molar-refractivity contribution in [3.63, 3.8) is 0 Å². The molecule has 214 valence electrons. The molecule has 3 aromatic rings. The molecule has 0 aliphatic carbocycles. The Balaban J connectivity index is 1.12. The molecule has 0 spiro atoms. The summed E-state index contributed by atoms with van der Waals surface area (Å²) in [6.45, 7) is 6.55. The molecule has 2 N–H and O–H groups in total. The van der Waals surface area contributed by atoms with E-state index in [4.69, 9.17) is 9.73 Å². The molecule has 2 saturated heterocycles. The molecule has 3 aliphatic heterocycles. The summed E-state index contributed by atoms with van der Waals surface area (Å²) in [5.74, 6) is 2.23. The van der Waals surface area contributed by atoms with Gasteiger partial charge in [0.05, 0.1) is 36.5 Å². The number of fused-ring (bicyclic) bond motifs is 1. The molecule has 0 amide bonds. The van der Waals surface area contributed by atoms with Gasteiger partial charge in [0.25, 0.3) is 0 Å². The summed E-state index contributed by atoms with van der Waals surface area (Å²) in [5, 5.41) is 6.39. The van der Waals surface area contributed by atoms with E-state index in [1.165, 1.54) is 0 Å². The SMILES string of the molecule is CN1CCN(CCOc2cnc(-c3cccc(CN4NNC5=CCCCC=C(c6cnn(C)c6)N=C54)c3)nc2)CC1. The van der Waals surface area contributed by atoms with Crippen LogP contribution in [0.15, 0.2) is 71.9 Å². The lowest BCUT2D eigenvalue weighted by molar-refractivity contribution is 0.133. The second-order valence-corrected chi connectivity index (χ2v) is 10.7. The van der Waals surface area contributed by atoms with Gasteiger partial charge in [-0.2, -0.15) is 5.10 Å². The van der Waals surface area contributed by atoms with Crippen LogP contribution in [0.2, 0.25) is 0 Å². The van der Waals surface area contributed by atoms with E-state index < -0.39 is 0 Å². The second kappa shape index (κ2) is 12.6. The van der Waals surface area contributed by atoms with Crippen LogP contribution in [0.3, 0.4) is 0 Å². The van der Waals surface area contributed by atoms with Crippen LogP contribution in [-0.4, -0.2) is 86.8 Å². The van der Waals surface area contributed by atoms with Crippen LogP contribution in [-0.2, 0) is 13.6 Å². The van der Waals surface area contributed by atoms with Crippen LogP contribution in [0.5, 0.6) is 5.75 Å². The van der Waals surface area contributed by atoms with Crippen molar-refractivity contribution in [2.45, 2.75) is 25.8 Å². The van der Waals surface area contributed by atoms with E-state index in [-0.39, 0.29) is 0 Å². The van der Waals surface area contributed by atoms with E-state index in [2.05, 4.69) is 67.2 Å². The number of hydrazine groups is 2. The number of hydrogen-bond acceptors (Lipinski definition) is 10. The Morgan fingerprint density at radius 3 is 2.59 bits per heavy atom. The van der Waals surface area contributed by atoms with Gasteiger partial charge >= 0.3 is 0 Å². The number of benzene rings is 1. The summed E-state index contributed by atoms with van der Waals surface area (Å²) >= 11 is 0. The second-order valence-electron chi connectivity index (χ2n) is 10.7. The molecule has 11 nitrogen and oxygen atoms in total. The van der Waals surface area contributed by atoms with Crippen LogP contribution in [0, 0.1) is 0 Å². The molecule has 0 bridgehead atoms. The van der Waals surface area contributed by atoms with Gasteiger partial charge in [0.15, 0.2) is 17.4 Å². The summed E-state index contributed by atoms with van der Waals surface area (Å²) < 4.78 is 7.74. The number of nitrogens with one attached hydrogen (secondary N) is 2. The molecule has 1 aromatic carbocycles. The fraction of sp³-hybridized carbons (Fsp3) is 0.400. The van der Waals surface area contributed by atoms with Crippen LogP contribution in [0.25, 0.3) is 17.1 Å². The fourth-order valence-electron chi connectivity index (χ4n) is 5.15. The number of amidine groups is 1. The molecule has 2 fully saturated rings. The summed E-state index contributed by atoms with van der Waals surface area (Å²) in [5.41, 5.74) is 11.6. The minimum atomic E-state index is 0.616. The Morgan fingerprint density at radius 1 is 0.951 bits per heavy atom. The number of aryl methyl sites for hydroxylation is 1. The predicted octanol–water partition coefficient (Wildman–Crippen LogP) is 2.84. The first-order chi connectivity index (χ1) is 20.1. The average molecular weight is 555 g/mol. The summed E-state index contributed by atoms with van der Waals surface area (Å²) in [6, 6.07) is 8.31. The zero-order valence-corrected chi connectivity index (χ0v) is 23.8. The quantitative estimate of drug-likeness (QED) is 0.436. The third kappa shape index (κ3) is 6.82. The van der Waals surface area contributed by atoms with Crippen molar-refractivity contribution >= 4 is 11.5 Å². The van der Waals surface area contributed by atoms with Gasteiger partial charge in [-0.3, -0.25) is 14.6 Å². The lowest BCUT2D eigenvalue weighted by Gasteiger charge is -2.32. The minimum Gasteiger partial charge on any atom is -0.489 e. The molecule has 2 aromatic heterocycles. The van der Waals surface area contributed by atoms with Gasteiger partial charge in [-0.25, -0.2) is 15.0 Å². The summed E-state index contributed by atoms with van der Waals surface area (Å²) in [4.78, 5) is 19.1. The van der Waals surface area contributed by atoms with Crippen molar-refractivity contribution in [2.24, 2.45) is 12.0 Å². The van der Waals surface area contributed by atoms with E-state index in [0.29, 0.717) is 24.7 Å². The number of nitrogens with zero attached hydrogens (tertiary/aromatic N) is 8. The largest absolute Gasteiger partial charge is 0.489 e. The molecule has 3 aliphatic rings. The lowest BCUT2D eigenvalue weighted by atomic mass is 10.1. The van der Waals surface area contributed by atoms with E-state index in [9.17, 15) is 0 Å².